The molecule has 0 aliphatic rings. The Morgan fingerprint density at radius 3 is 2.76 bits per heavy atom. The SMILES string of the molecule is CSC(C)(C)CNc1nccc(C)c1C(N)=S. The number of nitrogens with two attached hydrogens (primary N) is 1. The van der Waals surface area contributed by atoms with Crippen molar-refractivity contribution in [3.8, 4) is 0 Å². The third-order valence-electron chi connectivity index (χ3n) is 2.64. The second-order valence-electron chi connectivity index (χ2n) is 4.53. The molecule has 0 saturated carbocycles. The van der Waals surface area contributed by atoms with Crippen LogP contribution < -0.4 is 11.1 Å². The third kappa shape index (κ3) is 3.85. The van der Waals surface area contributed by atoms with E-state index in [0.717, 1.165) is 23.5 Å². The van der Waals surface area contributed by atoms with Crippen LogP contribution >= 0.6 is 24.0 Å². The summed E-state index contributed by atoms with van der Waals surface area (Å²) in [5.41, 5.74) is 7.63. The van der Waals surface area contributed by atoms with E-state index in [1.165, 1.54) is 0 Å². The van der Waals surface area contributed by atoms with Crippen LogP contribution in [0.5, 0.6) is 0 Å². The highest BCUT2D eigenvalue weighted by molar-refractivity contribution is 7.99. The second-order valence-corrected chi connectivity index (χ2v) is 6.49. The molecule has 0 spiro atoms. The summed E-state index contributed by atoms with van der Waals surface area (Å²) in [6.45, 7) is 7.17. The molecule has 0 bridgehead atoms. The third-order valence-corrected chi connectivity index (χ3v) is 4.09. The van der Waals surface area contributed by atoms with E-state index in [-0.39, 0.29) is 4.75 Å². The highest BCUT2D eigenvalue weighted by atomic mass is 32.2. The monoisotopic (exact) mass is 269 g/mol. The molecule has 0 aromatic carbocycles. The molecular formula is C12H19N3S2. The molecule has 1 rings (SSSR count). The number of pyridine rings is 1. The fourth-order valence-electron chi connectivity index (χ4n) is 1.37. The van der Waals surface area contributed by atoms with Crippen molar-refractivity contribution in [3.05, 3.63) is 23.4 Å². The fraction of sp³-hybridized carbons (Fsp3) is 0.500. The van der Waals surface area contributed by atoms with Gasteiger partial charge in [-0.3, -0.25) is 0 Å². The minimum atomic E-state index is 0.152. The number of anilines is 1. The van der Waals surface area contributed by atoms with Gasteiger partial charge in [0.1, 0.15) is 10.8 Å². The van der Waals surface area contributed by atoms with Crippen LogP contribution in [0.4, 0.5) is 5.82 Å². The van der Waals surface area contributed by atoms with Crippen molar-refractivity contribution in [2.45, 2.75) is 25.5 Å². The summed E-state index contributed by atoms with van der Waals surface area (Å²) in [5.74, 6) is 0.777. The van der Waals surface area contributed by atoms with Crippen LogP contribution in [0, 0.1) is 6.92 Å². The summed E-state index contributed by atoms with van der Waals surface area (Å²) in [7, 11) is 0. The first kappa shape index (κ1) is 14.3. The number of aromatic nitrogens is 1. The van der Waals surface area contributed by atoms with Gasteiger partial charge in [-0.1, -0.05) is 12.2 Å². The predicted molar refractivity (Wildman–Crippen MR) is 80.9 cm³/mol. The number of nitrogens with one attached hydrogen (secondary N) is 1. The summed E-state index contributed by atoms with van der Waals surface area (Å²) in [4.78, 5) is 4.70. The van der Waals surface area contributed by atoms with Crippen LogP contribution in [0.25, 0.3) is 0 Å². The summed E-state index contributed by atoms with van der Waals surface area (Å²) < 4.78 is 0.152. The summed E-state index contributed by atoms with van der Waals surface area (Å²) >= 11 is 6.88. The molecule has 3 N–H and O–H groups in total. The molecule has 0 aliphatic carbocycles. The maximum absolute atomic E-state index is 5.73. The van der Waals surface area contributed by atoms with Crippen molar-refractivity contribution in [2.24, 2.45) is 5.73 Å². The molecule has 0 unspecified atom stereocenters. The molecular weight excluding hydrogens is 250 g/mol. The Balaban J connectivity index is 2.92. The van der Waals surface area contributed by atoms with Crippen molar-refractivity contribution in [3.63, 3.8) is 0 Å². The quantitative estimate of drug-likeness (QED) is 0.805. The Labute approximate surface area is 113 Å². The molecule has 0 atom stereocenters. The van der Waals surface area contributed by atoms with Crippen LogP contribution in [0.2, 0.25) is 0 Å². The van der Waals surface area contributed by atoms with E-state index in [9.17, 15) is 0 Å². The zero-order valence-corrected chi connectivity index (χ0v) is 12.3. The molecule has 0 aliphatic heterocycles. The van der Waals surface area contributed by atoms with E-state index < -0.39 is 0 Å². The summed E-state index contributed by atoms with van der Waals surface area (Å²) in [6, 6.07) is 1.92. The van der Waals surface area contributed by atoms with Crippen molar-refractivity contribution >= 4 is 34.8 Å². The van der Waals surface area contributed by atoms with Crippen LogP contribution in [0.1, 0.15) is 25.0 Å². The number of thiocarbonyl (C=S) groups is 1. The average Bonchev–Trinajstić information content (AvgIpc) is 2.26. The summed E-state index contributed by atoms with van der Waals surface area (Å²) in [6.07, 6.45) is 3.87. The zero-order chi connectivity index (χ0) is 13.1. The molecule has 1 aromatic heterocycles. The van der Waals surface area contributed by atoms with Gasteiger partial charge in [-0.25, -0.2) is 4.98 Å². The van der Waals surface area contributed by atoms with Gasteiger partial charge in [-0.2, -0.15) is 11.8 Å². The van der Waals surface area contributed by atoms with Gasteiger partial charge in [-0.15, -0.1) is 0 Å². The fourth-order valence-corrected chi connectivity index (χ4v) is 1.85. The minimum Gasteiger partial charge on any atom is -0.389 e. The average molecular weight is 269 g/mol. The number of hydrogen-bond acceptors (Lipinski definition) is 4. The van der Waals surface area contributed by atoms with Gasteiger partial charge >= 0.3 is 0 Å². The van der Waals surface area contributed by atoms with Gasteiger partial charge in [0.25, 0.3) is 0 Å². The number of nitrogens with zero attached hydrogens (tertiary/aromatic N) is 1. The van der Waals surface area contributed by atoms with E-state index in [1.807, 2.05) is 24.8 Å². The minimum absolute atomic E-state index is 0.152. The second kappa shape index (κ2) is 5.69. The topological polar surface area (TPSA) is 50.9 Å². The van der Waals surface area contributed by atoms with Gasteiger partial charge in [0.15, 0.2) is 0 Å². The number of rotatable bonds is 5. The van der Waals surface area contributed by atoms with Gasteiger partial charge < -0.3 is 11.1 Å². The molecule has 5 heteroatoms. The number of thioether (sulfide) groups is 1. The van der Waals surface area contributed by atoms with Crippen molar-refractivity contribution in [1.82, 2.24) is 4.98 Å². The van der Waals surface area contributed by atoms with E-state index in [0.29, 0.717) is 4.99 Å². The Hall–Kier alpha value is -0.810. The maximum atomic E-state index is 5.73. The van der Waals surface area contributed by atoms with Crippen molar-refractivity contribution in [2.75, 3.05) is 18.1 Å². The number of aryl methyl sites for hydroxylation is 1. The van der Waals surface area contributed by atoms with Crippen LogP contribution in [-0.4, -0.2) is 27.5 Å². The highest BCUT2D eigenvalue weighted by Gasteiger charge is 2.17. The van der Waals surface area contributed by atoms with Crippen molar-refractivity contribution in [1.29, 1.82) is 0 Å². The molecule has 0 radical (unpaired) electrons. The molecule has 0 fully saturated rings. The highest BCUT2D eigenvalue weighted by Crippen LogP contribution is 2.23. The first-order valence-electron chi connectivity index (χ1n) is 5.42. The molecule has 1 heterocycles. The Morgan fingerprint density at radius 2 is 2.24 bits per heavy atom. The molecule has 0 amide bonds. The van der Waals surface area contributed by atoms with Crippen LogP contribution in [0.15, 0.2) is 12.3 Å². The standard InChI is InChI=1S/C12H19N3S2/c1-8-5-6-14-11(9(8)10(13)16)15-7-12(2,3)17-4/h5-6H,7H2,1-4H3,(H2,13,16)(H,14,15). The Kier molecular flexibility index (Phi) is 4.77. The lowest BCUT2D eigenvalue weighted by atomic mass is 10.1. The first-order chi connectivity index (χ1) is 7.87. The normalized spacial score (nSPS) is 11.3. The molecule has 1 aromatic rings. The van der Waals surface area contributed by atoms with Gasteiger partial charge in [0.2, 0.25) is 0 Å². The van der Waals surface area contributed by atoms with Gasteiger partial charge in [0, 0.05) is 17.5 Å². The molecule has 17 heavy (non-hydrogen) atoms. The van der Waals surface area contributed by atoms with Gasteiger partial charge in [0.05, 0.1) is 5.56 Å². The largest absolute Gasteiger partial charge is 0.389 e. The zero-order valence-electron chi connectivity index (χ0n) is 10.7. The molecule has 94 valence electrons. The lowest BCUT2D eigenvalue weighted by Gasteiger charge is -2.23. The smallest absolute Gasteiger partial charge is 0.136 e. The first-order valence-corrected chi connectivity index (χ1v) is 7.05. The lowest BCUT2D eigenvalue weighted by molar-refractivity contribution is 0.750. The van der Waals surface area contributed by atoms with Crippen LogP contribution in [0.3, 0.4) is 0 Å². The van der Waals surface area contributed by atoms with Crippen LogP contribution in [-0.2, 0) is 0 Å². The maximum Gasteiger partial charge on any atom is 0.136 e. The van der Waals surface area contributed by atoms with E-state index >= 15 is 0 Å². The Morgan fingerprint density at radius 1 is 1.59 bits per heavy atom. The number of hydrogen-bond donors (Lipinski definition) is 2. The Bertz CT molecular complexity index is 416. The summed E-state index contributed by atoms with van der Waals surface area (Å²) in [5, 5.41) is 3.33. The van der Waals surface area contributed by atoms with E-state index in [2.05, 4.69) is 30.4 Å². The van der Waals surface area contributed by atoms with E-state index in [1.54, 1.807) is 6.20 Å². The van der Waals surface area contributed by atoms with E-state index in [4.69, 9.17) is 18.0 Å². The molecule has 3 nitrogen and oxygen atoms in total. The predicted octanol–water partition coefficient (Wildman–Crippen LogP) is 2.58. The van der Waals surface area contributed by atoms with Gasteiger partial charge in [-0.05, 0) is 38.7 Å². The molecule has 0 saturated heterocycles. The lowest BCUT2D eigenvalue weighted by Crippen LogP contribution is -2.27. The van der Waals surface area contributed by atoms with Crippen molar-refractivity contribution < 1.29 is 0 Å².